The molecule has 4 heteroatoms. The van der Waals surface area contributed by atoms with Crippen LogP contribution in [-0.2, 0) is 6.42 Å². The van der Waals surface area contributed by atoms with Gasteiger partial charge in [0, 0.05) is 5.54 Å². The number of aromatic hydroxyl groups is 1. The standard InChI is InChI=1S/C26H45NO3/c1-20(2)7-6-9-21(3)8-4-5-16-30-25-13-12-22(17-24(25)29)14-15-26(27,19-28)18-23-10-11-23/h12-13,17,20-21,23,28-29H,4-11,14-16,18-19,27H2,1-3H3. The number of aliphatic hydroxyl groups excluding tert-OH is 1. The number of phenols is 1. The van der Waals surface area contributed by atoms with Crippen LogP contribution in [-0.4, -0.2) is 29.0 Å². The molecular weight excluding hydrogens is 374 g/mol. The third kappa shape index (κ3) is 9.70. The summed E-state index contributed by atoms with van der Waals surface area (Å²) in [7, 11) is 0. The van der Waals surface area contributed by atoms with Crippen molar-refractivity contribution in [2.75, 3.05) is 13.2 Å². The molecule has 1 saturated carbocycles. The summed E-state index contributed by atoms with van der Waals surface area (Å²) < 4.78 is 5.80. The number of hydrogen-bond acceptors (Lipinski definition) is 4. The Morgan fingerprint density at radius 2 is 1.83 bits per heavy atom. The van der Waals surface area contributed by atoms with Crippen molar-refractivity contribution < 1.29 is 14.9 Å². The fraction of sp³-hybridized carbons (Fsp3) is 0.769. The van der Waals surface area contributed by atoms with E-state index in [1.807, 2.05) is 12.1 Å². The fourth-order valence-corrected chi connectivity index (χ4v) is 4.17. The summed E-state index contributed by atoms with van der Waals surface area (Å²) in [5, 5.41) is 20.0. The number of unbranched alkanes of at least 4 members (excludes halogenated alkanes) is 1. The van der Waals surface area contributed by atoms with Crippen LogP contribution < -0.4 is 10.5 Å². The first-order valence-electron chi connectivity index (χ1n) is 12.2. The number of rotatable bonds is 16. The van der Waals surface area contributed by atoms with Gasteiger partial charge in [0.2, 0.25) is 0 Å². The van der Waals surface area contributed by atoms with Crippen LogP contribution in [0.4, 0.5) is 0 Å². The molecule has 0 heterocycles. The molecule has 1 aliphatic carbocycles. The molecule has 2 atom stereocenters. The van der Waals surface area contributed by atoms with E-state index in [0.29, 0.717) is 18.3 Å². The van der Waals surface area contributed by atoms with Gasteiger partial charge in [0.15, 0.2) is 11.5 Å². The van der Waals surface area contributed by atoms with Gasteiger partial charge < -0.3 is 20.7 Å². The Kier molecular flexibility index (Phi) is 10.5. The van der Waals surface area contributed by atoms with Gasteiger partial charge in [0.05, 0.1) is 13.2 Å². The van der Waals surface area contributed by atoms with Gasteiger partial charge in [-0.2, -0.15) is 0 Å². The smallest absolute Gasteiger partial charge is 0.160 e. The van der Waals surface area contributed by atoms with E-state index >= 15 is 0 Å². The molecule has 0 saturated heterocycles. The second-order valence-corrected chi connectivity index (χ2v) is 10.2. The summed E-state index contributed by atoms with van der Waals surface area (Å²) in [4.78, 5) is 0. The van der Waals surface area contributed by atoms with Crippen molar-refractivity contribution in [3.63, 3.8) is 0 Å². The van der Waals surface area contributed by atoms with Gasteiger partial charge in [-0.25, -0.2) is 0 Å². The van der Waals surface area contributed by atoms with E-state index in [1.54, 1.807) is 6.07 Å². The summed E-state index contributed by atoms with van der Waals surface area (Å²) in [6.45, 7) is 7.60. The van der Waals surface area contributed by atoms with Crippen LogP contribution in [0.15, 0.2) is 18.2 Å². The van der Waals surface area contributed by atoms with Crippen molar-refractivity contribution >= 4 is 0 Å². The maximum atomic E-state index is 10.3. The minimum atomic E-state index is -0.502. The van der Waals surface area contributed by atoms with Crippen LogP contribution >= 0.6 is 0 Å². The monoisotopic (exact) mass is 419 g/mol. The van der Waals surface area contributed by atoms with Gasteiger partial charge in [-0.15, -0.1) is 0 Å². The lowest BCUT2D eigenvalue weighted by Crippen LogP contribution is -2.44. The molecule has 2 rings (SSSR count). The number of aliphatic hydroxyl groups is 1. The third-order valence-electron chi connectivity index (χ3n) is 6.47. The number of hydrogen-bond donors (Lipinski definition) is 3. The zero-order valence-electron chi connectivity index (χ0n) is 19.5. The van der Waals surface area contributed by atoms with E-state index in [-0.39, 0.29) is 12.4 Å². The Morgan fingerprint density at radius 3 is 2.47 bits per heavy atom. The fourth-order valence-electron chi connectivity index (χ4n) is 4.17. The molecule has 1 aromatic carbocycles. The lowest BCUT2D eigenvalue weighted by molar-refractivity contribution is 0.172. The minimum absolute atomic E-state index is 0.0209. The Bertz CT molecular complexity index is 614. The van der Waals surface area contributed by atoms with Gasteiger partial charge in [-0.05, 0) is 67.6 Å². The normalized spacial score (nSPS) is 17.1. The molecule has 0 aromatic heterocycles. The molecule has 0 amide bonds. The average molecular weight is 420 g/mol. The predicted molar refractivity (Wildman–Crippen MR) is 125 cm³/mol. The predicted octanol–water partition coefficient (Wildman–Crippen LogP) is 5.83. The van der Waals surface area contributed by atoms with Crippen LogP contribution in [0.25, 0.3) is 0 Å². The van der Waals surface area contributed by atoms with Gasteiger partial charge >= 0.3 is 0 Å². The second-order valence-electron chi connectivity index (χ2n) is 10.2. The molecule has 1 fully saturated rings. The van der Waals surface area contributed by atoms with E-state index in [1.165, 1.54) is 44.9 Å². The van der Waals surface area contributed by atoms with Crippen LogP contribution in [0.5, 0.6) is 11.5 Å². The van der Waals surface area contributed by atoms with E-state index in [4.69, 9.17) is 10.5 Å². The Morgan fingerprint density at radius 1 is 1.10 bits per heavy atom. The third-order valence-corrected chi connectivity index (χ3v) is 6.47. The van der Waals surface area contributed by atoms with Gasteiger partial charge in [-0.1, -0.05) is 65.4 Å². The molecule has 4 nitrogen and oxygen atoms in total. The first-order chi connectivity index (χ1) is 14.3. The first kappa shape index (κ1) is 25.0. The number of ether oxygens (including phenoxy) is 1. The highest BCUT2D eigenvalue weighted by Gasteiger charge is 2.33. The summed E-state index contributed by atoms with van der Waals surface area (Å²) in [5.41, 5.74) is 6.91. The van der Waals surface area contributed by atoms with Gasteiger partial charge in [0.1, 0.15) is 0 Å². The molecule has 1 aromatic rings. The summed E-state index contributed by atoms with van der Waals surface area (Å²) in [6.07, 6.45) is 12.3. The molecule has 172 valence electrons. The molecule has 0 aliphatic heterocycles. The molecule has 0 spiro atoms. The molecule has 4 N–H and O–H groups in total. The van der Waals surface area contributed by atoms with Crippen LogP contribution in [0.1, 0.15) is 90.5 Å². The van der Waals surface area contributed by atoms with E-state index < -0.39 is 5.54 Å². The Hall–Kier alpha value is -1.26. The number of aryl methyl sites for hydroxylation is 1. The summed E-state index contributed by atoms with van der Waals surface area (Å²) in [6, 6.07) is 5.64. The molecular formula is C26H45NO3. The van der Waals surface area contributed by atoms with E-state index in [2.05, 4.69) is 20.8 Å². The van der Waals surface area contributed by atoms with Crippen LogP contribution in [0, 0.1) is 17.8 Å². The van der Waals surface area contributed by atoms with Crippen LogP contribution in [0.3, 0.4) is 0 Å². The van der Waals surface area contributed by atoms with Crippen molar-refractivity contribution in [2.45, 2.75) is 96.9 Å². The number of phenolic OH excluding ortho intramolecular Hbond substituents is 1. The van der Waals surface area contributed by atoms with Crippen molar-refractivity contribution in [3.8, 4) is 11.5 Å². The molecule has 0 bridgehead atoms. The number of nitrogens with two attached hydrogens (primary N) is 1. The van der Waals surface area contributed by atoms with E-state index in [0.717, 1.165) is 43.1 Å². The summed E-state index contributed by atoms with van der Waals surface area (Å²) >= 11 is 0. The van der Waals surface area contributed by atoms with Crippen LogP contribution in [0.2, 0.25) is 0 Å². The van der Waals surface area contributed by atoms with Gasteiger partial charge in [0.25, 0.3) is 0 Å². The molecule has 0 radical (unpaired) electrons. The second kappa shape index (κ2) is 12.6. The Balaban J connectivity index is 1.65. The topological polar surface area (TPSA) is 75.7 Å². The largest absolute Gasteiger partial charge is 0.504 e. The summed E-state index contributed by atoms with van der Waals surface area (Å²) in [5.74, 6) is 3.03. The maximum absolute atomic E-state index is 10.3. The SMILES string of the molecule is CC(C)CCCC(C)CCCCOc1ccc(CCC(N)(CO)CC2CC2)cc1O. The Labute approximate surface area is 184 Å². The highest BCUT2D eigenvalue weighted by molar-refractivity contribution is 5.41. The van der Waals surface area contributed by atoms with E-state index in [9.17, 15) is 10.2 Å². The minimum Gasteiger partial charge on any atom is -0.504 e. The highest BCUT2D eigenvalue weighted by Crippen LogP contribution is 2.37. The lowest BCUT2D eigenvalue weighted by atomic mass is 9.88. The van der Waals surface area contributed by atoms with Crippen molar-refractivity contribution in [2.24, 2.45) is 23.5 Å². The quantitative estimate of drug-likeness (QED) is 0.295. The highest BCUT2D eigenvalue weighted by atomic mass is 16.5. The average Bonchev–Trinajstić information content (AvgIpc) is 3.51. The van der Waals surface area contributed by atoms with Crippen molar-refractivity contribution in [3.05, 3.63) is 23.8 Å². The lowest BCUT2D eigenvalue weighted by Gasteiger charge is -2.27. The first-order valence-corrected chi connectivity index (χ1v) is 12.2. The molecule has 2 unspecified atom stereocenters. The number of benzene rings is 1. The van der Waals surface area contributed by atoms with Crippen molar-refractivity contribution in [1.82, 2.24) is 0 Å². The zero-order valence-corrected chi connectivity index (χ0v) is 19.5. The molecule has 30 heavy (non-hydrogen) atoms. The molecule has 1 aliphatic rings. The maximum Gasteiger partial charge on any atom is 0.160 e. The van der Waals surface area contributed by atoms with Gasteiger partial charge in [-0.3, -0.25) is 0 Å². The van der Waals surface area contributed by atoms with Crippen molar-refractivity contribution in [1.29, 1.82) is 0 Å². The zero-order chi connectivity index (χ0) is 22.0.